The number of fused-ring (bicyclic) bond motifs is 1. The predicted octanol–water partition coefficient (Wildman–Crippen LogP) is 5.21. The second kappa shape index (κ2) is 8.79. The number of hydrogen-bond acceptors (Lipinski definition) is 4. The number of halogens is 2. The van der Waals surface area contributed by atoms with Crippen molar-refractivity contribution >= 4 is 22.5 Å². The van der Waals surface area contributed by atoms with Crippen LogP contribution in [0.2, 0.25) is 0 Å². The zero-order valence-electron chi connectivity index (χ0n) is 16.6. The summed E-state index contributed by atoms with van der Waals surface area (Å²) in [6.45, 7) is -0.330. The van der Waals surface area contributed by atoms with Crippen LogP contribution in [-0.2, 0) is 4.79 Å². The number of aromatic nitrogens is 1. The molecule has 0 unspecified atom stereocenters. The van der Waals surface area contributed by atoms with Crippen LogP contribution in [0, 0.1) is 11.6 Å². The first-order valence-electron chi connectivity index (χ1n) is 9.46. The van der Waals surface area contributed by atoms with Gasteiger partial charge >= 0.3 is 0 Å². The summed E-state index contributed by atoms with van der Waals surface area (Å²) < 4.78 is 37.6. The number of rotatable bonds is 6. The van der Waals surface area contributed by atoms with Crippen molar-refractivity contribution in [2.45, 2.75) is 0 Å². The van der Waals surface area contributed by atoms with Gasteiger partial charge in [-0.1, -0.05) is 36.4 Å². The summed E-state index contributed by atoms with van der Waals surface area (Å²) >= 11 is 0. The molecular weight excluding hydrogens is 402 g/mol. The standard InChI is InChI=1S/C24H18F2N2O3/c1-30-21-9-5-8-17-22(13-20(28-24(17)21)15-6-3-2-4-7-15)31-14-23(29)27-16-10-11-18(25)19(26)12-16/h2-13H,14H2,1H3,(H,27,29). The molecule has 0 saturated heterocycles. The number of hydrogen-bond donors (Lipinski definition) is 1. The third-order valence-electron chi connectivity index (χ3n) is 4.62. The van der Waals surface area contributed by atoms with Gasteiger partial charge in [-0.2, -0.15) is 0 Å². The van der Waals surface area contributed by atoms with E-state index in [1.54, 1.807) is 25.3 Å². The summed E-state index contributed by atoms with van der Waals surface area (Å²) in [5, 5.41) is 3.17. The molecule has 31 heavy (non-hydrogen) atoms. The highest BCUT2D eigenvalue weighted by molar-refractivity contribution is 5.94. The van der Waals surface area contributed by atoms with Crippen molar-refractivity contribution in [1.82, 2.24) is 4.98 Å². The number of methoxy groups -OCH3 is 1. The second-order valence-electron chi connectivity index (χ2n) is 6.69. The Kier molecular flexibility index (Phi) is 5.75. The Balaban J connectivity index is 1.63. The minimum absolute atomic E-state index is 0.138. The van der Waals surface area contributed by atoms with Crippen molar-refractivity contribution in [2.24, 2.45) is 0 Å². The first-order valence-corrected chi connectivity index (χ1v) is 9.46. The number of anilines is 1. The number of pyridine rings is 1. The van der Waals surface area contributed by atoms with Crippen molar-refractivity contribution < 1.29 is 23.0 Å². The smallest absolute Gasteiger partial charge is 0.262 e. The van der Waals surface area contributed by atoms with Gasteiger partial charge in [-0.25, -0.2) is 13.8 Å². The van der Waals surface area contributed by atoms with Crippen LogP contribution in [-0.4, -0.2) is 24.6 Å². The maximum atomic E-state index is 13.4. The normalized spacial score (nSPS) is 10.7. The van der Waals surface area contributed by atoms with Gasteiger partial charge in [0.2, 0.25) is 0 Å². The first kappa shape index (κ1) is 20.3. The van der Waals surface area contributed by atoms with Gasteiger partial charge in [-0.05, 0) is 24.3 Å². The molecule has 0 aliphatic heterocycles. The molecule has 7 heteroatoms. The summed E-state index contributed by atoms with van der Waals surface area (Å²) in [4.78, 5) is 17.0. The lowest BCUT2D eigenvalue weighted by Crippen LogP contribution is -2.20. The van der Waals surface area contributed by atoms with Crippen LogP contribution in [0.3, 0.4) is 0 Å². The van der Waals surface area contributed by atoms with Gasteiger partial charge in [0.1, 0.15) is 17.0 Å². The number of carbonyl (C=O) groups excluding carboxylic acids is 1. The maximum absolute atomic E-state index is 13.4. The molecule has 1 amide bonds. The van der Waals surface area contributed by atoms with Gasteiger partial charge in [0.05, 0.1) is 12.8 Å². The molecule has 0 atom stereocenters. The molecular formula is C24H18F2N2O3. The monoisotopic (exact) mass is 420 g/mol. The summed E-state index contributed by atoms with van der Waals surface area (Å²) in [5.41, 5.74) is 2.28. The van der Waals surface area contributed by atoms with Crippen LogP contribution in [0.5, 0.6) is 11.5 Å². The van der Waals surface area contributed by atoms with Crippen molar-refractivity contribution in [3.05, 3.63) is 84.4 Å². The molecule has 0 spiro atoms. The zero-order valence-corrected chi connectivity index (χ0v) is 16.6. The quantitative estimate of drug-likeness (QED) is 0.465. The number of ether oxygens (including phenoxy) is 2. The average molecular weight is 420 g/mol. The summed E-state index contributed by atoms with van der Waals surface area (Å²) in [6.07, 6.45) is 0. The topological polar surface area (TPSA) is 60.5 Å². The Morgan fingerprint density at radius 1 is 0.935 bits per heavy atom. The lowest BCUT2D eigenvalue weighted by Gasteiger charge is -2.13. The third kappa shape index (κ3) is 4.45. The van der Waals surface area contributed by atoms with E-state index in [-0.39, 0.29) is 12.3 Å². The lowest BCUT2D eigenvalue weighted by molar-refractivity contribution is -0.118. The first-order chi connectivity index (χ1) is 15.0. The SMILES string of the molecule is COc1cccc2c(OCC(=O)Nc3ccc(F)c(F)c3)cc(-c3ccccc3)nc12. The molecule has 0 radical (unpaired) electrons. The van der Waals surface area contributed by atoms with E-state index in [2.05, 4.69) is 5.32 Å². The van der Waals surface area contributed by atoms with Crippen LogP contribution in [0.15, 0.2) is 72.8 Å². The molecule has 0 aliphatic rings. The van der Waals surface area contributed by atoms with Crippen LogP contribution in [0.1, 0.15) is 0 Å². The van der Waals surface area contributed by atoms with E-state index in [4.69, 9.17) is 14.5 Å². The van der Waals surface area contributed by atoms with E-state index < -0.39 is 17.5 Å². The fraction of sp³-hybridized carbons (Fsp3) is 0.0833. The number of carbonyl (C=O) groups is 1. The highest BCUT2D eigenvalue weighted by Gasteiger charge is 2.14. The molecule has 0 fully saturated rings. The van der Waals surface area contributed by atoms with Crippen molar-refractivity contribution in [1.29, 1.82) is 0 Å². The molecule has 0 aliphatic carbocycles. The van der Waals surface area contributed by atoms with Crippen LogP contribution in [0.4, 0.5) is 14.5 Å². The van der Waals surface area contributed by atoms with Crippen LogP contribution < -0.4 is 14.8 Å². The van der Waals surface area contributed by atoms with Gasteiger partial charge < -0.3 is 14.8 Å². The zero-order chi connectivity index (χ0) is 21.8. The van der Waals surface area contributed by atoms with Crippen molar-refractivity contribution in [3.8, 4) is 22.8 Å². The van der Waals surface area contributed by atoms with Crippen LogP contribution >= 0.6 is 0 Å². The minimum atomic E-state index is -1.04. The number of nitrogens with zero attached hydrogens (tertiary/aromatic N) is 1. The molecule has 4 rings (SSSR count). The molecule has 1 heterocycles. The highest BCUT2D eigenvalue weighted by atomic mass is 19.2. The Bertz CT molecular complexity index is 1250. The second-order valence-corrected chi connectivity index (χ2v) is 6.69. The van der Waals surface area contributed by atoms with Gasteiger partial charge in [-0.3, -0.25) is 4.79 Å². The Morgan fingerprint density at radius 2 is 1.74 bits per heavy atom. The maximum Gasteiger partial charge on any atom is 0.262 e. The Morgan fingerprint density at radius 3 is 2.48 bits per heavy atom. The number of para-hydroxylation sites is 1. The summed E-state index contributed by atoms with van der Waals surface area (Å²) in [7, 11) is 1.56. The van der Waals surface area contributed by atoms with E-state index in [0.717, 1.165) is 17.7 Å². The van der Waals surface area contributed by atoms with Gasteiger partial charge in [-0.15, -0.1) is 0 Å². The highest BCUT2D eigenvalue weighted by Crippen LogP contribution is 2.34. The Labute approximate surface area is 177 Å². The lowest BCUT2D eigenvalue weighted by atomic mass is 10.1. The molecule has 5 nitrogen and oxygen atoms in total. The summed E-state index contributed by atoms with van der Waals surface area (Å²) in [6, 6.07) is 19.9. The fourth-order valence-corrected chi connectivity index (χ4v) is 3.15. The molecule has 1 N–H and O–H groups in total. The average Bonchev–Trinajstić information content (AvgIpc) is 2.80. The molecule has 0 saturated carbocycles. The number of nitrogens with one attached hydrogen (secondary N) is 1. The van der Waals surface area contributed by atoms with E-state index in [1.165, 1.54) is 6.07 Å². The molecule has 0 bridgehead atoms. The van der Waals surface area contributed by atoms with Crippen molar-refractivity contribution in [2.75, 3.05) is 19.0 Å². The molecule has 156 valence electrons. The van der Waals surface area contributed by atoms with Crippen molar-refractivity contribution in [3.63, 3.8) is 0 Å². The van der Waals surface area contributed by atoms with E-state index >= 15 is 0 Å². The number of amides is 1. The minimum Gasteiger partial charge on any atom is -0.494 e. The fourth-order valence-electron chi connectivity index (χ4n) is 3.15. The van der Waals surface area contributed by atoms with Gasteiger partial charge in [0.15, 0.2) is 18.2 Å². The van der Waals surface area contributed by atoms with Crippen LogP contribution in [0.25, 0.3) is 22.2 Å². The summed E-state index contributed by atoms with van der Waals surface area (Å²) in [5.74, 6) is -1.52. The van der Waals surface area contributed by atoms with E-state index in [0.29, 0.717) is 28.1 Å². The van der Waals surface area contributed by atoms with Gasteiger partial charge in [0.25, 0.3) is 5.91 Å². The van der Waals surface area contributed by atoms with E-state index in [1.807, 2.05) is 36.4 Å². The molecule has 3 aromatic carbocycles. The largest absolute Gasteiger partial charge is 0.494 e. The molecule has 1 aromatic heterocycles. The van der Waals surface area contributed by atoms with E-state index in [9.17, 15) is 13.6 Å². The Hall–Kier alpha value is -4.00. The van der Waals surface area contributed by atoms with Gasteiger partial charge in [0, 0.05) is 28.8 Å². The predicted molar refractivity (Wildman–Crippen MR) is 114 cm³/mol. The molecule has 4 aromatic rings. The third-order valence-corrected chi connectivity index (χ3v) is 4.62. The number of benzene rings is 3.